The van der Waals surface area contributed by atoms with E-state index in [4.69, 9.17) is 9.84 Å². The van der Waals surface area contributed by atoms with Crippen LogP contribution in [0.1, 0.15) is 17.6 Å². The standard InChI is InChI=1S/C9H8F2INO3/c1-16-9-4(2-6(14)15)7(8(10)11)5(12)3-13-9/h3,8H,2H2,1H3,(H,14,15). The monoisotopic (exact) mass is 343 g/mol. The lowest BCUT2D eigenvalue weighted by Crippen LogP contribution is -2.09. The molecule has 0 spiro atoms. The van der Waals surface area contributed by atoms with Crippen molar-refractivity contribution in [2.24, 2.45) is 0 Å². The van der Waals surface area contributed by atoms with Crippen LogP contribution in [0.4, 0.5) is 8.78 Å². The van der Waals surface area contributed by atoms with Crippen molar-refractivity contribution in [1.29, 1.82) is 0 Å². The Morgan fingerprint density at radius 3 is 2.75 bits per heavy atom. The Morgan fingerprint density at radius 1 is 1.69 bits per heavy atom. The number of hydrogen-bond acceptors (Lipinski definition) is 3. The van der Waals surface area contributed by atoms with Crippen molar-refractivity contribution in [3.8, 4) is 5.88 Å². The molecule has 1 heterocycles. The van der Waals surface area contributed by atoms with E-state index in [2.05, 4.69) is 4.98 Å². The van der Waals surface area contributed by atoms with Crippen LogP contribution in [0.3, 0.4) is 0 Å². The predicted octanol–water partition coefficient (Wildman–Crippen LogP) is 2.26. The molecule has 0 aliphatic heterocycles. The second-order valence-electron chi connectivity index (χ2n) is 2.88. The molecule has 0 aliphatic carbocycles. The molecule has 0 saturated carbocycles. The van der Waals surface area contributed by atoms with Gasteiger partial charge in [-0.2, -0.15) is 0 Å². The van der Waals surface area contributed by atoms with Crippen LogP contribution in [0.2, 0.25) is 0 Å². The molecular weight excluding hydrogens is 335 g/mol. The summed E-state index contributed by atoms with van der Waals surface area (Å²) in [6.07, 6.45) is -2.06. The number of carboxylic acid groups (broad SMARTS) is 1. The Bertz CT molecular complexity index is 412. The number of halogens is 3. The van der Waals surface area contributed by atoms with Gasteiger partial charge in [0.05, 0.1) is 13.5 Å². The van der Waals surface area contributed by atoms with Crippen LogP contribution in [0, 0.1) is 3.57 Å². The largest absolute Gasteiger partial charge is 0.481 e. The Hall–Kier alpha value is -0.990. The van der Waals surface area contributed by atoms with Gasteiger partial charge in [0, 0.05) is 20.9 Å². The zero-order valence-corrected chi connectivity index (χ0v) is 10.4. The Morgan fingerprint density at radius 2 is 2.31 bits per heavy atom. The van der Waals surface area contributed by atoms with E-state index in [1.54, 1.807) is 22.6 Å². The van der Waals surface area contributed by atoms with Crippen molar-refractivity contribution in [3.63, 3.8) is 0 Å². The summed E-state index contributed by atoms with van der Waals surface area (Å²) >= 11 is 1.69. The number of carbonyl (C=O) groups is 1. The van der Waals surface area contributed by atoms with Crippen molar-refractivity contribution < 1.29 is 23.4 Å². The fourth-order valence-electron chi connectivity index (χ4n) is 1.26. The topological polar surface area (TPSA) is 59.4 Å². The molecule has 1 N–H and O–H groups in total. The van der Waals surface area contributed by atoms with Crippen molar-refractivity contribution in [1.82, 2.24) is 4.98 Å². The summed E-state index contributed by atoms with van der Waals surface area (Å²) in [6, 6.07) is 0. The second-order valence-corrected chi connectivity index (χ2v) is 4.04. The molecule has 0 amide bonds. The molecule has 0 atom stereocenters. The van der Waals surface area contributed by atoms with Gasteiger partial charge in [0.25, 0.3) is 6.43 Å². The van der Waals surface area contributed by atoms with Gasteiger partial charge in [0.15, 0.2) is 0 Å². The molecule has 0 bridgehead atoms. The third kappa shape index (κ3) is 2.77. The van der Waals surface area contributed by atoms with Gasteiger partial charge >= 0.3 is 5.97 Å². The van der Waals surface area contributed by atoms with E-state index in [1.807, 2.05) is 0 Å². The fraction of sp³-hybridized carbons (Fsp3) is 0.333. The van der Waals surface area contributed by atoms with Crippen LogP contribution in [0.15, 0.2) is 6.20 Å². The molecule has 1 aromatic rings. The zero-order chi connectivity index (χ0) is 12.3. The number of ether oxygens (including phenoxy) is 1. The van der Waals surface area contributed by atoms with Crippen molar-refractivity contribution in [2.75, 3.05) is 7.11 Å². The van der Waals surface area contributed by atoms with Gasteiger partial charge in [-0.05, 0) is 22.6 Å². The first-order valence-corrected chi connectivity index (χ1v) is 5.26. The summed E-state index contributed by atoms with van der Waals surface area (Å²) in [4.78, 5) is 14.4. The van der Waals surface area contributed by atoms with E-state index in [9.17, 15) is 13.6 Å². The number of aliphatic carboxylic acids is 1. The van der Waals surface area contributed by atoms with E-state index in [0.717, 1.165) is 0 Å². The van der Waals surface area contributed by atoms with E-state index >= 15 is 0 Å². The summed E-state index contributed by atoms with van der Waals surface area (Å²) in [5, 5.41) is 8.65. The number of carboxylic acids is 1. The average Bonchev–Trinajstić information content (AvgIpc) is 2.16. The summed E-state index contributed by atoms with van der Waals surface area (Å²) in [6.45, 7) is 0. The average molecular weight is 343 g/mol. The van der Waals surface area contributed by atoms with Crippen LogP contribution in [0.25, 0.3) is 0 Å². The van der Waals surface area contributed by atoms with Gasteiger partial charge < -0.3 is 9.84 Å². The first-order chi connectivity index (χ1) is 7.47. The molecule has 0 saturated heterocycles. The van der Waals surface area contributed by atoms with E-state index in [-0.39, 0.29) is 20.6 Å². The Labute approximate surface area is 104 Å². The number of aromatic nitrogens is 1. The van der Waals surface area contributed by atoms with E-state index in [1.165, 1.54) is 13.3 Å². The smallest absolute Gasteiger partial charge is 0.308 e. The maximum Gasteiger partial charge on any atom is 0.308 e. The molecule has 0 fully saturated rings. The van der Waals surface area contributed by atoms with Crippen molar-refractivity contribution in [2.45, 2.75) is 12.8 Å². The Balaban J connectivity index is 3.36. The molecule has 1 aromatic heterocycles. The van der Waals surface area contributed by atoms with Gasteiger partial charge in [-0.3, -0.25) is 4.79 Å². The lowest BCUT2D eigenvalue weighted by Gasteiger charge is -2.12. The molecule has 0 aliphatic rings. The predicted molar refractivity (Wildman–Crippen MR) is 59.8 cm³/mol. The Kier molecular flexibility index (Phi) is 4.39. The normalized spacial score (nSPS) is 10.6. The fourth-order valence-corrected chi connectivity index (χ4v) is 1.96. The zero-order valence-electron chi connectivity index (χ0n) is 8.21. The lowest BCUT2D eigenvalue weighted by atomic mass is 10.1. The highest BCUT2D eigenvalue weighted by molar-refractivity contribution is 14.1. The minimum atomic E-state index is -2.75. The van der Waals surface area contributed by atoms with Gasteiger partial charge in [0.1, 0.15) is 0 Å². The second kappa shape index (κ2) is 5.37. The lowest BCUT2D eigenvalue weighted by molar-refractivity contribution is -0.136. The molecule has 0 radical (unpaired) electrons. The molecular formula is C9H8F2INO3. The molecule has 0 unspecified atom stereocenters. The van der Waals surface area contributed by atoms with Gasteiger partial charge in [0.2, 0.25) is 5.88 Å². The van der Waals surface area contributed by atoms with Crippen molar-refractivity contribution >= 4 is 28.6 Å². The molecule has 88 valence electrons. The van der Waals surface area contributed by atoms with Gasteiger partial charge in [-0.25, -0.2) is 13.8 Å². The summed E-state index contributed by atoms with van der Waals surface area (Å²) in [7, 11) is 1.26. The minimum absolute atomic E-state index is 0.0712. The maximum atomic E-state index is 12.8. The van der Waals surface area contributed by atoms with Crippen LogP contribution in [0.5, 0.6) is 5.88 Å². The number of pyridine rings is 1. The number of methoxy groups -OCH3 is 1. The number of alkyl halides is 2. The van der Waals surface area contributed by atoms with Crippen LogP contribution in [-0.2, 0) is 11.2 Å². The first kappa shape index (κ1) is 13.1. The number of nitrogens with zero attached hydrogens (tertiary/aromatic N) is 1. The molecule has 1 rings (SSSR count). The van der Waals surface area contributed by atoms with Gasteiger partial charge in [-0.1, -0.05) is 0 Å². The summed E-state index contributed by atoms with van der Waals surface area (Å²) in [5.74, 6) is -1.28. The quantitative estimate of drug-likeness (QED) is 0.852. The first-order valence-electron chi connectivity index (χ1n) is 4.18. The highest BCUT2D eigenvalue weighted by Gasteiger charge is 2.23. The third-order valence-electron chi connectivity index (χ3n) is 1.88. The number of hydrogen-bond donors (Lipinski definition) is 1. The molecule has 4 nitrogen and oxygen atoms in total. The van der Waals surface area contributed by atoms with E-state index < -0.39 is 18.8 Å². The maximum absolute atomic E-state index is 12.8. The third-order valence-corrected chi connectivity index (χ3v) is 2.73. The van der Waals surface area contributed by atoms with Crippen LogP contribution >= 0.6 is 22.6 Å². The van der Waals surface area contributed by atoms with Crippen molar-refractivity contribution in [3.05, 3.63) is 20.9 Å². The molecule has 7 heteroatoms. The molecule has 16 heavy (non-hydrogen) atoms. The highest BCUT2D eigenvalue weighted by atomic mass is 127. The summed E-state index contributed by atoms with van der Waals surface area (Å²) < 4.78 is 30.6. The summed E-state index contributed by atoms with van der Waals surface area (Å²) in [5.41, 5.74) is -0.397. The number of rotatable bonds is 4. The van der Waals surface area contributed by atoms with E-state index in [0.29, 0.717) is 0 Å². The highest BCUT2D eigenvalue weighted by Crippen LogP contribution is 2.32. The molecule has 0 aromatic carbocycles. The van der Waals surface area contributed by atoms with Crippen LogP contribution in [-0.4, -0.2) is 23.2 Å². The minimum Gasteiger partial charge on any atom is -0.481 e. The van der Waals surface area contributed by atoms with Crippen LogP contribution < -0.4 is 4.74 Å². The van der Waals surface area contributed by atoms with Gasteiger partial charge in [-0.15, -0.1) is 0 Å². The SMILES string of the molecule is COc1ncc(I)c(C(F)F)c1CC(=O)O.